The van der Waals surface area contributed by atoms with Gasteiger partial charge < -0.3 is 5.32 Å². The average molecular weight is 361 g/mol. The molecule has 0 fully saturated rings. The third-order valence-electron chi connectivity index (χ3n) is 3.57. The zero-order valence-corrected chi connectivity index (χ0v) is 13.9. The van der Waals surface area contributed by atoms with Gasteiger partial charge >= 0.3 is 0 Å². The standard InChI is InChI=1S/C18H15BrClN/c1-12(21-18-11-16(20)8-9-17(18)19)14-7-6-13-4-2-3-5-15(13)10-14/h2-12,21H,1H3. The number of benzene rings is 3. The minimum Gasteiger partial charge on any atom is -0.378 e. The van der Waals surface area contributed by atoms with E-state index in [4.69, 9.17) is 11.6 Å². The number of nitrogens with one attached hydrogen (secondary N) is 1. The molecule has 1 unspecified atom stereocenters. The largest absolute Gasteiger partial charge is 0.378 e. The fourth-order valence-corrected chi connectivity index (χ4v) is 2.94. The van der Waals surface area contributed by atoms with Crippen LogP contribution in [0.1, 0.15) is 18.5 Å². The van der Waals surface area contributed by atoms with Crippen LogP contribution in [0.25, 0.3) is 10.8 Å². The highest BCUT2D eigenvalue weighted by atomic mass is 79.9. The van der Waals surface area contributed by atoms with Gasteiger partial charge in [0, 0.05) is 15.5 Å². The van der Waals surface area contributed by atoms with E-state index in [0.717, 1.165) is 15.2 Å². The van der Waals surface area contributed by atoms with Gasteiger partial charge in [-0.25, -0.2) is 0 Å². The Bertz CT molecular complexity index is 785. The van der Waals surface area contributed by atoms with E-state index in [0.29, 0.717) is 0 Å². The molecule has 0 heterocycles. The summed E-state index contributed by atoms with van der Waals surface area (Å²) in [7, 11) is 0. The molecule has 0 saturated heterocycles. The lowest BCUT2D eigenvalue weighted by Crippen LogP contribution is -2.07. The fourth-order valence-electron chi connectivity index (χ4n) is 2.40. The third kappa shape index (κ3) is 3.22. The topological polar surface area (TPSA) is 12.0 Å². The Morgan fingerprint density at radius 1 is 0.952 bits per heavy atom. The van der Waals surface area contributed by atoms with Gasteiger partial charge in [-0.2, -0.15) is 0 Å². The lowest BCUT2D eigenvalue weighted by molar-refractivity contribution is 0.886. The van der Waals surface area contributed by atoms with Gasteiger partial charge in [0.25, 0.3) is 0 Å². The van der Waals surface area contributed by atoms with E-state index in [1.807, 2.05) is 18.2 Å². The molecule has 0 spiro atoms. The highest BCUT2D eigenvalue weighted by Gasteiger charge is 2.08. The van der Waals surface area contributed by atoms with E-state index < -0.39 is 0 Å². The SMILES string of the molecule is CC(Nc1cc(Cl)ccc1Br)c1ccc2ccccc2c1. The van der Waals surface area contributed by atoms with Crippen LogP contribution < -0.4 is 5.32 Å². The molecule has 1 N–H and O–H groups in total. The summed E-state index contributed by atoms with van der Waals surface area (Å²) in [4.78, 5) is 0. The van der Waals surface area contributed by atoms with Gasteiger partial charge in [0.05, 0.1) is 5.69 Å². The van der Waals surface area contributed by atoms with E-state index >= 15 is 0 Å². The Morgan fingerprint density at radius 2 is 1.71 bits per heavy atom. The first-order chi connectivity index (χ1) is 10.1. The molecule has 21 heavy (non-hydrogen) atoms. The van der Waals surface area contributed by atoms with Crippen molar-refractivity contribution in [2.75, 3.05) is 5.32 Å². The van der Waals surface area contributed by atoms with E-state index in [1.165, 1.54) is 16.3 Å². The van der Waals surface area contributed by atoms with Crippen molar-refractivity contribution in [3.05, 3.63) is 75.7 Å². The van der Waals surface area contributed by atoms with Gasteiger partial charge in [-0.3, -0.25) is 0 Å². The molecule has 0 radical (unpaired) electrons. The van der Waals surface area contributed by atoms with Gasteiger partial charge in [-0.05, 0) is 63.5 Å². The summed E-state index contributed by atoms with van der Waals surface area (Å²) in [6.07, 6.45) is 0. The second-order valence-corrected chi connectivity index (χ2v) is 6.39. The molecule has 0 saturated carbocycles. The van der Waals surface area contributed by atoms with E-state index in [2.05, 4.69) is 70.6 Å². The number of anilines is 1. The molecule has 3 rings (SSSR count). The lowest BCUT2D eigenvalue weighted by atomic mass is 10.0. The Morgan fingerprint density at radius 3 is 2.52 bits per heavy atom. The molecule has 0 amide bonds. The summed E-state index contributed by atoms with van der Waals surface area (Å²) in [5.74, 6) is 0. The Hall–Kier alpha value is -1.51. The Kier molecular flexibility index (Phi) is 4.18. The van der Waals surface area contributed by atoms with Crippen LogP contribution in [0.5, 0.6) is 0 Å². The summed E-state index contributed by atoms with van der Waals surface area (Å²) in [5.41, 5.74) is 2.25. The van der Waals surface area contributed by atoms with E-state index in [9.17, 15) is 0 Å². The van der Waals surface area contributed by atoms with Crippen LogP contribution in [-0.2, 0) is 0 Å². The molecular weight excluding hydrogens is 346 g/mol. The summed E-state index contributed by atoms with van der Waals surface area (Å²) in [6.45, 7) is 2.15. The number of rotatable bonds is 3. The first-order valence-electron chi connectivity index (χ1n) is 6.84. The van der Waals surface area contributed by atoms with Crippen LogP contribution in [0.4, 0.5) is 5.69 Å². The van der Waals surface area contributed by atoms with Gasteiger partial charge in [-0.15, -0.1) is 0 Å². The predicted octanol–water partition coefficient (Wildman–Crippen LogP) is 6.43. The second-order valence-electron chi connectivity index (χ2n) is 5.10. The van der Waals surface area contributed by atoms with Crippen LogP contribution in [0.2, 0.25) is 5.02 Å². The molecule has 0 aliphatic rings. The molecule has 1 atom stereocenters. The zero-order chi connectivity index (χ0) is 14.8. The normalized spacial score (nSPS) is 12.3. The van der Waals surface area contributed by atoms with Crippen molar-refractivity contribution in [1.29, 1.82) is 0 Å². The van der Waals surface area contributed by atoms with Crippen LogP contribution in [0.15, 0.2) is 65.1 Å². The van der Waals surface area contributed by atoms with Crippen LogP contribution in [0, 0.1) is 0 Å². The molecule has 3 aromatic rings. The maximum Gasteiger partial charge on any atom is 0.0504 e. The van der Waals surface area contributed by atoms with Crippen molar-refractivity contribution in [3.8, 4) is 0 Å². The third-order valence-corrected chi connectivity index (χ3v) is 4.50. The van der Waals surface area contributed by atoms with Crippen LogP contribution >= 0.6 is 27.5 Å². The number of halogens is 2. The summed E-state index contributed by atoms with van der Waals surface area (Å²) in [5, 5.41) is 6.75. The molecule has 0 aliphatic heterocycles. The predicted molar refractivity (Wildman–Crippen MR) is 95.1 cm³/mol. The molecule has 3 aromatic carbocycles. The van der Waals surface area contributed by atoms with Crippen LogP contribution in [0.3, 0.4) is 0 Å². The monoisotopic (exact) mass is 359 g/mol. The summed E-state index contributed by atoms with van der Waals surface area (Å²) >= 11 is 9.61. The first-order valence-corrected chi connectivity index (χ1v) is 8.01. The highest BCUT2D eigenvalue weighted by Crippen LogP contribution is 2.30. The van der Waals surface area contributed by atoms with Gasteiger partial charge in [0.15, 0.2) is 0 Å². The van der Waals surface area contributed by atoms with Crippen LogP contribution in [-0.4, -0.2) is 0 Å². The lowest BCUT2D eigenvalue weighted by Gasteiger charge is -2.17. The van der Waals surface area contributed by atoms with Crippen molar-refractivity contribution >= 4 is 44.0 Å². The Balaban J connectivity index is 1.89. The molecule has 3 heteroatoms. The highest BCUT2D eigenvalue weighted by molar-refractivity contribution is 9.10. The zero-order valence-electron chi connectivity index (χ0n) is 11.6. The Labute approximate surface area is 138 Å². The van der Waals surface area contributed by atoms with E-state index in [1.54, 1.807) is 0 Å². The van der Waals surface area contributed by atoms with E-state index in [-0.39, 0.29) is 6.04 Å². The molecule has 0 bridgehead atoms. The number of hydrogen-bond acceptors (Lipinski definition) is 1. The van der Waals surface area contributed by atoms with Crippen molar-refractivity contribution in [2.45, 2.75) is 13.0 Å². The van der Waals surface area contributed by atoms with Crippen molar-refractivity contribution < 1.29 is 0 Å². The minimum atomic E-state index is 0.198. The van der Waals surface area contributed by atoms with Gasteiger partial charge in [-0.1, -0.05) is 48.0 Å². The number of hydrogen-bond donors (Lipinski definition) is 1. The quantitative estimate of drug-likeness (QED) is 0.567. The maximum atomic E-state index is 6.06. The summed E-state index contributed by atoms with van der Waals surface area (Å²) in [6, 6.07) is 20.9. The molecule has 106 valence electrons. The summed E-state index contributed by atoms with van der Waals surface area (Å²) < 4.78 is 1.01. The minimum absolute atomic E-state index is 0.198. The fraction of sp³-hybridized carbons (Fsp3) is 0.111. The first kappa shape index (κ1) is 14.4. The molecule has 0 aromatic heterocycles. The average Bonchev–Trinajstić information content (AvgIpc) is 2.50. The maximum absolute atomic E-state index is 6.06. The molecule has 0 aliphatic carbocycles. The van der Waals surface area contributed by atoms with Crippen molar-refractivity contribution in [2.24, 2.45) is 0 Å². The van der Waals surface area contributed by atoms with Crippen molar-refractivity contribution in [3.63, 3.8) is 0 Å². The van der Waals surface area contributed by atoms with Gasteiger partial charge in [0.1, 0.15) is 0 Å². The van der Waals surface area contributed by atoms with Crippen molar-refractivity contribution in [1.82, 2.24) is 0 Å². The second kappa shape index (κ2) is 6.08. The molecular formula is C18H15BrClN. The smallest absolute Gasteiger partial charge is 0.0504 e. The molecule has 1 nitrogen and oxygen atoms in total. The number of fused-ring (bicyclic) bond motifs is 1. The van der Waals surface area contributed by atoms with Gasteiger partial charge in [0.2, 0.25) is 0 Å².